The van der Waals surface area contributed by atoms with Crippen LogP contribution in [0.1, 0.15) is 19.4 Å². The summed E-state index contributed by atoms with van der Waals surface area (Å²) in [6.07, 6.45) is 0. The van der Waals surface area contributed by atoms with Crippen molar-refractivity contribution in [3.63, 3.8) is 0 Å². The van der Waals surface area contributed by atoms with Crippen LogP contribution in [0, 0.1) is 12.7 Å². The van der Waals surface area contributed by atoms with Crippen molar-refractivity contribution >= 4 is 10.0 Å². The zero-order valence-electron chi connectivity index (χ0n) is 10.9. The van der Waals surface area contributed by atoms with E-state index in [9.17, 15) is 17.9 Å². The molecule has 1 rings (SSSR count). The molecule has 0 fully saturated rings. The molecule has 1 aromatic rings. The average molecular weight is 275 g/mol. The van der Waals surface area contributed by atoms with Crippen molar-refractivity contribution in [3.05, 3.63) is 29.6 Å². The molecule has 1 N–H and O–H groups in total. The van der Waals surface area contributed by atoms with E-state index in [-0.39, 0.29) is 11.4 Å². The molecule has 0 saturated carbocycles. The molecule has 0 aromatic heterocycles. The van der Waals surface area contributed by atoms with Crippen molar-refractivity contribution in [1.82, 2.24) is 4.31 Å². The summed E-state index contributed by atoms with van der Waals surface area (Å²) in [4.78, 5) is -0.105. The zero-order valence-corrected chi connectivity index (χ0v) is 11.8. The number of hydrogen-bond donors (Lipinski definition) is 1. The first-order valence-electron chi connectivity index (χ1n) is 5.48. The van der Waals surface area contributed by atoms with Gasteiger partial charge in [0, 0.05) is 13.6 Å². The Hall–Kier alpha value is -0.980. The third kappa shape index (κ3) is 3.76. The van der Waals surface area contributed by atoms with E-state index in [0.29, 0.717) is 5.56 Å². The number of rotatable bonds is 4. The lowest BCUT2D eigenvalue weighted by Gasteiger charge is -2.25. The first-order chi connectivity index (χ1) is 8.02. The van der Waals surface area contributed by atoms with Gasteiger partial charge in [0.2, 0.25) is 10.0 Å². The standard InChI is InChI=1S/C12H18FNO3S/c1-9-5-10(13)7-11(6-9)18(16,17)14(4)8-12(2,3)15/h5-7,15H,8H2,1-4H3. The minimum Gasteiger partial charge on any atom is -0.389 e. The maximum Gasteiger partial charge on any atom is 0.243 e. The Kier molecular flexibility index (Phi) is 4.15. The lowest BCUT2D eigenvalue weighted by molar-refractivity contribution is 0.0640. The summed E-state index contributed by atoms with van der Waals surface area (Å²) >= 11 is 0. The second kappa shape index (κ2) is 4.95. The van der Waals surface area contributed by atoms with E-state index < -0.39 is 21.4 Å². The maximum absolute atomic E-state index is 13.2. The van der Waals surface area contributed by atoms with Gasteiger partial charge in [0.15, 0.2) is 0 Å². The molecule has 0 aliphatic heterocycles. The van der Waals surface area contributed by atoms with E-state index in [0.717, 1.165) is 10.4 Å². The molecule has 0 atom stereocenters. The van der Waals surface area contributed by atoms with E-state index in [4.69, 9.17) is 0 Å². The predicted octanol–water partition coefficient (Wildman–Crippen LogP) is 1.53. The fourth-order valence-electron chi connectivity index (χ4n) is 1.66. The van der Waals surface area contributed by atoms with Gasteiger partial charge in [-0.25, -0.2) is 12.8 Å². The minimum atomic E-state index is -3.78. The van der Waals surface area contributed by atoms with E-state index >= 15 is 0 Å². The SMILES string of the molecule is Cc1cc(F)cc(S(=O)(=O)N(C)CC(C)(C)O)c1. The molecule has 0 radical (unpaired) electrons. The van der Waals surface area contributed by atoms with Crippen LogP contribution in [0.5, 0.6) is 0 Å². The number of benzene rings is 1. The predicted molar refractivity (Wildman–Crippen MR) is 67.3 cm³/mol. The summed E-state index contributed by atoms with van der Waals surface area (Å²) in [5.41, 5.74) is -0.616. The van der Waals surface area contributed by atoms with Crippen LogP contribution in [0.2, 0.25) is 0 Å². The van der Waals surface area contributed by atoms with E-state index in [2.05, 4.69) is 0 Å². The lowest BCUT2D eigenvalue weighted by atomic mass is 10.1. The van der Waals surface area contributed by atoms with Crippen LogP contribution < -0.4 is 0 Å². The fourth-order valence-corrected chi connectivity index (χ4v) is 3.10. The summed E-state index contributed by atoms with van der Waals surface area (Å²) in [6.45, 7) is 4.58. The molecule has 4 nitrogen and oxygen atoms in total. The van der Waals surface area contributed by atoms with Gasteiger partial charge in [0.05, 0.1) is 10.5 Å². The number of aliphatic hydroxyl groups is 1. The van der Waals surface area contributed by atoms with Crippen LogP contribution in [0.15, 0.2) is 23.1 Å². The number of halogens is 1. The number of hydrogen-bond acceptors (Lipinski definition) is 3. The molecule has 0 spiro atoms. The van der Waals surface area contributed by atoms with Crippen LogP contribution in [-0.4, -0.2) is 37.0 Å². The van der Waals surface area contributed by atoms with Gasteiger partial charge in [-0.15, -0.1) is 0 Å². The van der Waals surface area contributed by atoms with Gasteiger partial charge in [-0.3, -0.25) is 0 Å². The Morgan fingerprint density at radius 3 is 2.33 bits per heavy atom. The summed E-state index contributed by atoms with van der Waals surface area (Å²) in [7, 11) is -2.43. The number of nitrogens with zero attached hydrogens (tertiary/aromatic N) is 1. The van der Waals surface area contributed by atoms with E-state index in [1.807, 2.05) is 0 Å². The van der Waals surface area contributed by atoms with Crippen LogP contribution in [0.4, 0.5) is 4.39 Å². The summed E-state index contributed by atoms with van der Waals surface area (Å²) in [6, 6.07) is 3.64. The van der Waals surface area contributed by atoms with E-state index in [1.54, 1.807) is 6.92 Å². The Morgan fingerprint density at radius 2 is 1.89 bits per heavy atom. The molecule has 6 heteroatoms. The number of sulfonamides is 1. The highest BCUT2D eigenvalue weighted by Gasteiger charge is 2.26. The highest BCUT2D eigenvalue weighted by Crippen LogP contribution is 2.19. The third-order valence-electron chi connectivity index (χ3n) is 2.33. The number of aryl methyl sites for hydroxylation is 1. The fraction of sp³-hybridized carbons (Fsp3) is 0.500. The zero-order chi connectivity index (χ0) is 14.1. The molecule has 0 amide bonds. The van der Waals surface area contributed by atoms with E-state index in [1.165, 1.54) is 33.0 Å². The molecular formula is C12H18FNO3S. The van der Waals surface area contributed by atoms with Gasteiger partial charge in [-0.2, -0.15) is 4.31 Å². The Morgan fingerprint density at radius 1 is 1.33 bits per heavy atom. The van der Waals surface area contributed by atoms with Gasteiger partial charge in [-0.05, 0) is 44.5 Å². The second-order valence-electron chi connectivity index (χ2n) is 5.04. The lowest BCUT2D eigenvalue weighted by Crippen LogP contribution is -2.39. The normalized spacial score (nSPS) is 13.1. The average Bonchev–Trinajstić information content (AvgIpc) is 2.13. The van der Waals surface area contributed by atoms with Gasteiger partial charge < -0.3 is 5.11 Å². The van der Waals surface area contributed by atoms with Gasteiger partial charge >= 0.3 is 0 Å². The quantitative estimate of drug-likeness (QED) is 0.906. The molecule has 0 bridgehead atoms. The van der Waals surface area contributed by atoms with Crippen molar-refractivity contribution in [2.75, 3.05) is 13.6 Å². The Balaban J connectivity index is 3.13. The van der Waals surface area contributed by atoms with Crippen LogP contribution in [-0.2, 0) is 10.0 Å². The smallest absolute Gasteiger partial charge is 0.243 e. The highest BCUT2D eigenvalue weighted by molar-refractivity contribution is 7.89. The van der Waals surface area contributed by atoms with Crippen LogP contribution >= 0.6 is 0 Å². The monoisotopic (exact) mass is 275 g/mol. The summed E-state index contributed by atoms with van der Waals surface area (Å²) in [5.74, 6) is -0.592. The molecule has 18 heavy (non-hydrogen) atoms. The highest BCUT2D eigenvalue weighted by atomic mass is 32.2. The minimum absolute atomic E-state index is 0.0646. The van der Waals surface area contributed by atoms with Gasteiger partial charge in [0.25, 0.3) is 0 Å². The molecule has 0 unspecified atom stereocenters. The van der Waals surface area contributed by atoms with Gasteiger partial charge in [-0.1, -0.05) is 0 Å². The summed E-state index contributed by atoms with van der Waals surface area (Å²) < 4.78 is 38.6. The van der Waals surface area contributed by atoms with Crippen molar-refractivity contribution < 1.29 is 17.9 Å². The van der Waals surface area contributed by atoms with Crippen molar-refractivity contribution in [2.45, 2.75) is 31.3 Å². The first-order valence-corrected chi connectivity index (χ1v) is 6.92. The summed E-state index contributed by atoms with van der Waals surface area (Å²) in [5, 5.41) is 9.63. The molecule has 0 aliphatic rings. The number of likely N-dealkylation sites (N-methyl/N-ethyl adjacent to an activating group) is 1. The third-order valence-corrected chi connectivity index (χ3v) is 4.11. The van der Waals surface area contributed by atoms with Gasteiger partial charge in [0.1, 0.15) is 5.82 Å². The molecule has 0 aliphatic carbocycles. The van der Waals surface area contributed by atoms with Crippen LogP contribution in [0.3, 0.4) is 0 Å². The molecule has 0 saturated heterocycles. The molecule has 102 valence electrons. The maximum atomic E-state index is 13.2. The second-order valence-corrected chi connectivity index (χ2v) is 7.08. The first kappa shape index (κ1) is 15.1. The Labute approximate surface area is 107 Å². The molecule has 0 heterocycles. The van der Waals surface area contributed by atoms with Crippen molar-refractivity contribution in [3.8, 4) is 0 Å². The van der Waals surface area contributed by atoms with Crippen molar-refractivity contribution in [2.24, 2.45) is 0 Å². The largest absolute Gasteiger partial charge is 0.389 e. The van der Waals surface area contributed by atoms with Crippen LogP contribution in [0.25, 0.3) is 0 Å². The Bertz CT molecular complexity index is 514. The molecule has 1 aromatic carbocycles. The molecular weight excluding hydrogens is 257 g/mol. The topological polar surface area (TPSA) is 57.6 Å². The van der Waals surface area contributed by atoms with Crippen molar-refractivity contribution in [1.29, 1.82) is 0 Å².